The third-order valence-corrected chi connectivity index (χ3v) is 2.77. The normalized spacial score (nSPS) is 11.7. The van der Waals surface area contributed by atoms with Crippen LogP contribution < -0.4 is 10.6 Å². The van der Waals surface area contributed by atoms with Gasteiger partial charge in [-0.15, -0.1) is 0 Å². The fourth-order valence-corrected chi connectivity index (χ4v) is 1.81. The third-order valence-electron chi connectivity index (χ3n) is 2.77. The van der Waals surface area contributed by atoms with E-state index in [0.29, 0.717) is 5.69 Å². The highest BCUT2D eigenvalue weighted by molar-refractivity contribution is 5.89. The number of aliphatic hydroxyl groups is 1. The summed E-state index contributed by atoms with van der Waals surface area (Å²) in [5, 5.41) is 14.5. The minimum Gasteiger partial charge on any atom is -0.394 e. The van der Waals surface area contributed by atoms with Crippen LogP contribution in [0.1, 0.15) is 11.6 Å². The van der Waals surface area contributed by atoms with Crippen LogP contribution in [0.25, 0.3) is 0 Å². The Morgan fingerprint density at radius 3 is 2.55 bits per heavy atom. The van der Waals surface area contributed by atoms with E-state index in [0.717, 1.165) is 5.56 Å². The molecule has 0 aromatic heterocycles. The first-order chi connectivity index (χ1) is 9.69. The van der Waals surface area contributed by atoms with E-state index in [1.165, 1.54) is 18.2 Å². The molecule has 0 heterocycles. The molecule has 0 radical (unpaired) electrons. The molecule has 0 saturated carbocycles. The summed E-state index contributed by atoms with van der Waals surface area (Å²) in [6, 6.07) is 13.7. The molecule has 1 atom stereocenters. The molecule has 2 rings (SSSR count). The average Bonchev–Trinajstić information content (AvgIpc) is 2.45. The van der Waals surface area contributed by atoms with Crippen molar-refractivity contribution in [3.8, 4) is 0 Å². The Kier molecular flexibility index (Phi) is 4.68. The van der Waals surface area contributed by atoms with Crippen molar-refractivity contribution in [1.82, 2.24) is 5.32 Å². The van der Waals surface area contributed by atoms with Crippen molar-refractivity contribution in [3.63, 3.8) is 0 Å². The Morgan fingerprint density at radius 1 is 1.15 bits per heavy atom. The van der Waals surface area contributed by atoms with Gasteiger partial charge in [0.1, 0.15) is 5.82 Å². The zero-order valence-electron chi connectivity index (χ0n) is 10.7. The molecule has 1 unspecified atom stereocenters. The molecule has 5 heteroatoms. The molecule has 0 bridgehead atoms. The highest BCUT2D eigenvalue weighted by Gasteiger charge is 2.13. The lowest BCUT2D eigenvalue weighted by Crippen LogP contribution is -2.34. The van der Waals surface area contributed by atoms with Gasteiger partial charge in [-0.3, -0.25) is 0 Å². The number of urea groups is 1. The quantitative estimate of drug-likeness (QED) is 0.802. The van der Waals surface area contributed by atoms with E-state index in [-0.39, 0.29) is 6.61 Å². The second-order valence-electron chi connectivity index (χ2n) is 4.25. The average molecular weight is 274 g/mol. The van der Waals surface area contributed by atoms with Crippen LogP contribution in [0.4, 0.5) is 14.9 Å². The predicted octanol–water partition coefficient (Wildman–Crippen LogP) is 2.68. The van der Waals surface area contributed by atoms with Crippen molar-refractivity contribution in [2.45, 2.75) is 6.04 Å². The molecule has 2 aromatic rings. The molecule has 0 fully saturated rings. The molecule has 2 aromatic carbocycles. The van der Waals surface area contributed by atoms with Crippen LogP contribution in [-0.2, 0) is 0 Å². The predicted molar refractivity (Wildman–Crippen MR) is 74.8 cm³/mol. The zero-order chi connectivity index (χ0) is 14.4. The number of anilines is 1. The lowest BCUT2D eigenvalue weighted by Gasteiger charge is -2.17. The monoisotopic (exact) mass is 274 g/mol. The summed E-state index contributed by atoms with van der Waals surface area (Å²) < 4.78 is 13.0. The first-order valence-corrected chi connectivity index (χ1v) is 6.18. The molecule has 3 N–H and O–H groups in total. The second-order valence-corrected chi connectivity index (χ2v) is 4.25. The minimum absolute atomic E-state index is 0.222. The largest absolute Gasteiger partial charge is 0.394 e. The van der Waals surface area contributed by atoms with Crippen LogP contribution in [-0.4, -0.2) is 17.7 Å². The maximum Gasteiger partial charge on any atom is 0.319 e. The topological polar surface area (TPSA) is 61.4 Å². The lowest BCUT2D eigenvalue weighted by molar-refractivity contribution is 0.225. The molecule has 0 aliphatic carbocycles. The highest BCUT2D eigenvalue weighted by Crippen LogP contribution is 2.13. The SMILES string of the molecule is O=C(Nc1cccc(F)c1)NC(CO)c1ccccc1. The zero-order valence-corrected chi connectivity index (χ0v) is 10.7. The number of nitrogens with one attached hydrogen (secondary N) is 2. The van der Waals surface area contributed by atoms with Crippen LogP contribution in [0.2, 0.25) is 0 Å². The first-order valence-electron chi connectivity index (χ1n) is 6.18. The van der Waals surface area contributed by atoms with Gasteiger partial charge in [0, 0.05) is 5.69 Å². The molecule has 0 spiro atoms. The molecule has 0 aliphatic rings. The van der Waals surface area contributed by atoms with Gasteiger partial charge in [-0.25, -0.2) is 9.18 Å². The van der Waals surface area contributed by atoms with Gasteiger partial charge in [-0.1, -0.05) is 36.4 Å². The summed E-state index contributed by atoms with van der Waals surface area (Å²) in [4.78, 5) is 11.8. The van der Waals surface area contributed by atoms with Crippen molar-refractivity contribution < 1.29 is 14.3 Å². The van der Waals surface area contributed by atoms with E-state index in [9.17, 15) is 14.3 Å². The van der Waals surface area contributed by atoms with Gasteiger partial charge in [-0.2, -0.15) is 0 Å². The Balaban J connectivity index is 2.00. The summed E-state index contributed by atoms with van der Waals surface area (Å²) in [5.41, 5.74) is 1.15. The van der Waals surface area contributed by atoms with Crippen LogP contribution in [0.3, 0.4) is 0 Å². The molecule has 20 heavy (non-hydrogen) atoms. The van der Waals surface area contributed by atoms with Gasteiger partial charge in [0.2, 0.25) is 0 Å². The number of hydrogen-bond acceptors (Lipinski definition) is 2. The maximum absolute atomic E-state index is 13.0. The number of benzene rings is 2. The fourth-order valence-electron chi connectivity index (χ4n) is 1.81. The van der Waals surface area contributed by atoms with Crippen molar-refractivity contribution in [2.75, 3.05) is 11.9 Å². The van der Waals surface area contributed by atoms with Gasteiger partial charge in [0.25, 0.3) is 0 Å². The van der Waals surface area contributed by atoms with E-state index in [2.05, 4.69) is 10.6 Å². The number of rotatable bonds is 4. The number of amides is 2. The molecule has 2 amide bonds. The molecule has 104 valence electrons. The Hall–Kier alpha value is -2.40. The summed E-state index contributed by atoms with van der Waals surface area (Å²) in [6.45, 7) is -0.222. The standard InChI is InChI=1S/C15H15FN2O2/c16-12-7-4-8-13(9-12)17-15(20)18-14(10-19)11-5-2-1-3-6-11/h1-9,14,19H,10H2,(H2,17,18,20). The molecule has 4 nitrogen and oxygen atoms in total. The van der Waals surface area contributed by atoms with Gasteiger partial charge in [0.15, 0.2) is 0 Å². The number of halogens is 1. The Labute approximate surface area is 116 Å². The lowest BCUT2D eigenvalue weighted by atomic mass is 10.1. The van der Waals surface area contributed by atoms with Crippen LogP contribution >= 0.6 is 0 Å². The van der Waals surface area contributed by atoms with E-state index >= 15 is 0 Å². The van der Waals surface area contributed by atoms with E-state index in [1.54, 1.807) is 6.07 Å². The van der Waals surface area contributed by atoms with Crippen molar-refractivity contribution >= 4 is 11.7 Å². The minimum atomic E-state index is -0.509. The van der Waals surface area contributed by atoms with Crippen molar-refractivity contribution in [3.05, 3.63) is 66.0 Å². The summed E-state index contributed by atoms with van der Waals surface area (Å²) in [7, 11) is 0. The Bertz CT molecular complexity index is 575. The highest BCUT2D eigenvalue weighted by atomic mass is 19.1. The Morgan fingerprint density at radius 2 is 1.90 bits per heavy atom. The molecular formula is C15H15FN2O2. The summed E-state index contributed by atoms with van der Waals surface area (Å²) >= 11 is 0. The molecular weight excluding hydrogens is 259 g/mol. The van der Waals surface area contributed by atoms with Gasteiger partial charge < -0.3 is 15.7 Å². The summed E-state index contributed by atoms with van der Waals surface area (Å²) in [5.74, 6) is -0.426. The van der Waals surface area contributed by atoms with Crippen LogP contribution in [0.5, 0.6) is 0 Å². The second kappa shape index (κ2) is 6.68. The number of carbonyl (C=O) groups excluding carboxylic acids is 1. The van der Waals surface area contributed by atoms with E-state index in [1.807, 2.05) is 30.3 Å². The number of carbonyl (C=O) groups is 1. The first kappa shape index (κ1) is 14.0. The summed E-state index contributed by atoms with van der Waals surface area (Å²) in [6.07, 6.45) is 0. The number of hydrogen-bond donors (Lipinski definition) is 3. The van der Waals surface area contributed by atoms with Gasteiger partial charge >= 0.3 is 6.03 Å². The van der Waals surface area contributed by atoms with Crippen molar-refractivity contribution in [2.24, 2.45) is 0 Å². The number of aliphatic hydroxyl groups excluding tert-OH is 1. The van der Waals surface area contributed by atoms with Gasteiger partial charge in [0.05, 0.1) is 12.6 Å². The van der Waals surface area contributed by atoms with Crippen molar-refractivity contribution in [1.29, 1.82) is 0 Å². The van der Waals surface area contributed by atoms with E-state index in [4.69, 9.17) is 0 Å². The third kappa shape index (κ3) is 3.80. The van der Waals surface area contributed by atoms with Crippen LogP contribution in [0, 0.1) is 5.82 Å². The fraction of sp³-hybridized carbons (Fsp3) is 0.133. The van der Waals surface area contributed by atoms with E-state index < -0.39 is 17.9 Å². The molecule has 0 saturated heterocycles. The molecule has 0 aliphatic heterocycles. The smallest absolute Gasteiger partial charge is 0.319 e. The van der Waals surface area contributed by atoms with Crippen LogP contribution in [0.15, 0.2) is 54.6 Å². The van der Waals surface area contributed by atoms with Gasteiger partial charge in [-0.05, 0) is 23.8 Å². The maximum atomic E-state index is 13.0.